The summed E-state index contributed by atoms with van der Waals surface area (Å²) in [6.07, 6.45) is 3.59. The molecule has 0 aliphatic carbocycles. The molecule has 1 heterocycles. The maximum absolute atomic E-state index is 13.4. The van der Waals surface area contributed by atoms with Crippen LogP contribution < -0.4 is 10.1 Å². The number of nitrogens with one attached hydrogen (secondary N) is 2. The summed E-state index contributed by atoms with van der Waals surface area (Å²) in [6, 6.07) is 18.5. The summed E-state index contributed by atoms with van der Waals surface area (Å²) < 4.78 is 32.1. The van der Waals surface area contributed by atoms with E-state index in [0.717, 1.165) is 46.2 Å². The third-order valence-corrected chi connectivity index (χ3v) is 5.86. The van der Waals surface area contributed by atoms with Crippen LogP contribution in [0.1, 0.15) is 35.4 Å². The first kappa shape index (κ1) is 22.5. The second-order valence-corrected chi connectivity index (χ2v) is 8.05. The molecule has 4 rings (SSSR count). The van der Waals surface area contributed by atoms with Crippen molar-refractivity contribution in [1.82, 2.24) is 10.3 Å². The molecule has 0 bridgehead atoms. The molecule has 2 N–H and O–H groups in total. The summed E-state index contributed by atoms with van der Waals surface area (Å²) >= 11 is 0. The van der Waals surface area contributed by atoms with E-state index in [4.69, 9.17) is 4.74 Å². The largest absolute Gasteiger partial charge is 0.497 e. The number of hydrogen-bond acceptors (Lipinski definition) is 2. The van der Waals surface area contributed by atoms with Crippen molar-refractivity contribution in [3.63, 3.8) is 0 Å². The molecule has 0 saturated heterocycles. The van der Waals surface area contributed by atoms with E-state index < -0.39 is 0 Å². The van der Waals surface area contributed by atoms with Gasteiger partial charge in [-0.05, 0) is 72.0 Å². The summed E-state index contributed by atoms with van der Waals surface area (Å²) in [5.74, 6) is 0.0944. The van der Waals surface area contributed by atoms with Gasteiger partial charge in [-0.2, -0.15) is 0 Å². The van der Waals surface area contributed by atoms with Crippen molar-refractivity contribution in [1.29, 1.82) is 0 Å². The predicted octanol–water partition coefficient (Wildman–Crippen LogP) is 5.73. The lowest BCUT2D eigenvalue weighted by atomic mass is 9.87. The van der Waals surface area contributed by atoms with Crippen LogP contribution in [0.15, 0.2) is 72.9 Å². The molecule has 0 spiro atoms. The van der Waals surface area contributed by atoms with Gasteiger partial charge in [0.2, 0.25) is 5.91 Å². The minimum Gasteiger partial charge on any atom is -0.497 e. The average Bonchev–Trinajstić information content (AvgIpc) is 3.22. The Balaban J connectivity index is 1.36. The lowest BCUT2D eigenvalue weighted by molar-refractivity contribution is -0.120. The Hall–Kier alpha value is -3.67. The van der Waals surface area contributed by atoms with Crippen molar-refractivity contribution in [3.05, 3.63) is 101 Å². The summed E-state index contributed by atoms with van der Waals surface area (Å²) in [5, 5.41) is 3.96. The first-order valence-corrected chi connectivity index (χ1v) is 10.9. The molecule has 6 heteroatoms. The van der Waals surface area contributed by atoms with Gasteiger partial charge in [-0.25, -0.2) is 8.78 Å². The Labute approximate surface area is 191 Å². The van der Waals surface area contributed by atoms with Gasteiger partial charge in [-0.3, -0.25) is 4.79 Å². The van der Waals surface area contributed by atoms with Gasteiger partial charge in [0.25, 0.3) is 0 Å². The van der Waals surface area contributed by atoms with Gasteiger partial charge < -0.3 is 15.0 Å². The number of ether oxygens (including phenoxy) is 1. The molecule has 0 unspecified atom stereocenters. The first-order chi connectivity index (χ1) is 16.0. The van der Waals surface area contributed by atoms with Crippen LogP contribution in [0.3, 0.4) is 0 Å². The molecular weight excluding hydrogens is 422 g/mol. The van der Waals surface area contributed by atoms with Crippen molar-refractivity contribution in [2.75, 3.05) is 13.7 Å². The van der Waals surface area contributed by atoms with Crippen molar-refractivity contribution in [2.24, 2.45) is 0 Å². The molecule has 0 saturated carbocycles. The number of aromatic amines is 1. The van der Waals surface area contributed by atoms with Crippen LogP contribution in [0, 0.1) is 11.6 Å². The number of methoxy groups -OCH3 is 1. The third kappa shape index (κ3) is 5.58. The van der Waals surface area contributed by atoms with Gasteiger partial charge in [-0.15, -0.1) is 0 Å². The highest BCUT2D eigenvalue weighted by atomic mass is 19.1. The summed E-state index contributed by atoms with van der Waals surface area (Å²) in [6.45, 7) is 0.517. The number of benzene rings is 3. The number of H-pyrrole nitrogens is 1. The molecule has 0 radical (unpaired) electrons. The van der Waals surface area contributed by atoms with Crippen LogP contribution in [0.4, 0.5) is 8.78 Å². The van der Waals surface area contributed by atoms with E-state index in [1.54, 1.807) is 31.4 Å². The minimum absolute atomic E-state index is 0.0100. The topological polar surface area (TPSA) is 54.1 Å². The number of fused-ring (bicyclic) bond motifs is 1. The molecule has 0 atom stereocenters. The Kier molecular flexibility index (Phi) is 7.03. The molecule has 0 fully saturated rings. The molecule has 0 aliphatic rings. The number of carbonyl (C=O) groups excluding carboxylic acids is 1. The lowest BCUT2D eigenvalue weighted by Crippen LogP contribution is -2.26. The standard InChI is InChI=1S/C27H26F2N2O2/c1-33-23-12-13-26-25(16-23)20(17-31-26)15-27(32)30-14-2-3-24(18-4-8-21(28)9-5-18)19-6-10-22(29)11-7-19/h4-13,16-17,24,31H,2-3,14-15H2,1H3,(H,30,32). The monoisotopic (exact) mass is 448 g/mol. The van der Waals surface area contributed by atoms with E-state index in [2.05, 4.69) is 10.3 Å². The van der Waals surface area contributed by atoms with Crippen molar-refractivity contribution in [3.8, 4) is 5.75 Å². The fourth-order valence-corrected chi connectivity index (χ4v) is 4.12. The highest BCUT2D eigenvalue weighted by Gasteiger charge is 2.15. The van der Waals surface area contributed by atoms with Gasteiger partial charge in [0.15, 0.2) is 0 Å². The SMILES string of the molecule is COc1ccc2[nH]cc(CC(=O)NCCCC(c3ccc(F)cc3)c3ccc(F)cc3)c2c1. The van der Waals surface area contributed by atoms with Crippen molar-refractivity contribution < 1.29 is 18.3 Å². The first-order valence-electron chi connectivity index (χ1n) is 10.9. The van der Waals surface area contributed by atoms with E-state index in [1.165, 1.54) is 24.3 Å². The molecular formula is C27H26F2N2O2. The van der Waals surface area contributed by atoms with E-state index in [9.17, 15) is 13.6 Å². The Morgan fingerprint density at radius 3 is 2.21 bits per heavy atom. The van der Waals surface area contributed by atoms with Crippen LogP contribution >= 0.6 is 0 Å². The zero-order valence-electron chi connectivity index (χ0n) is 18.4. The second kappa shape index (κ2) is 10.3. The molecule has 0 aliphatic heterocycles. The van der Waals surface area contributed by atoms with Crippen LogP contribution in [0.2, 0.25) is 0 Å². The Morgan fingerprint density at radius 2 is 1.61 bits per heavy atom. The van der Waals surface area contributed by atoms with E-state index in [-0.39, 0.29) is 29.9 Å². The Bertz CT molecular complexity index is 1170. The van der Waals surface area contributed by atoms with Crippen molar-refractivity contribution in [2.45, 2.75) is 25.2 Å². The van der Waals surface area contributed by atoms with Crippen molar-refractivity contribution >= 4 is 16.8 Å². The minimum atomic E-state index is -0.293. The quantitative estimate of drug-likeness (QED) is 0.322. The van der Waals surface area contributed by atoms with Gasteiger partial charge in [0.1, 0.15) is 17.4 Å². The molecule has 33 heavy (non-hydrogen) atoms. The number of hydrogen-bond donors (Lipinski definition) is 2. The van der Waals surface area contributed by atoms with Gasteiger partial charge in [0, 0.05) is 29.6 Å². The smallest absolute Gasteiger partial charge is 0.224 e. The summed E-state index contributed by atoms with van der Waals surface area (Å²) in [4.78, 5) is 15.7. The summed E-state index contributed by atoms with van der Waals surface area (Å²) in [7, 11) is 1.62. The van der Waals surface area contributed by atoms with Gasteiger partial charge in [-0.1, -0.05) is 24.3 Å². The van der Waals surface area contributed by atoms with Gasteiger partial charge in [0.05, 0.1) is 13.5 Å². The number of rotatable bonds is 9. The highest BCUT2D eigenvalue weighted by molar-refractivity contribution is 5.89. The number of carbonyl (C=O) groups is 1. The molecule has 1 aromatic heterocycles. The number of aromatic nitrogens is 1. The van der Waals surface area contributed by atoms with E-state index in [0.29, 0.717) is 6.54 Å². The number of halogens is 2. The van der Waals surface area contributed by atoms with Gasteiger partial charge >= 0.3 is 0 Å². The van der Waals surface area contributed by atoms with E-state index >= 15 is 0 Å². The zero-order chi connectivity index (χ0) is 23.2. The van der Waals surface area contributed by atoms with Crippen LogP contribution in [-0.4, -0.2) is 24.5 Å². The number of amides is 1. The van der Waals surface area contributed by atoms with Crippen LogP contribution in [0.5, 0.6) is 5.75 Å². The molecule has 3 aromatic carbocycles. The second-order valence-electron chi connectivity index (χ2n) is 8.05. The predicted molar refractivity (Wildman–Crippen MR) is 125 cm³/mol. The molecule has 4 nitrogen and oxygen atoms in total. The normalized spacial score (nSPS) is 11.2. The van der Waals surface area contributed by atoms with Crippen LogP contribution in [0.25, 0.3) is 10.9 Å². The van der Waals surface area contributed by atoms with E-state index in [1.807, 2.05) is 24.4 Å². The molecule has 1 amide bonds. The fraction of sp³-hybridized carbons (Fsp3) is 0.222. The zero-order valence-corrected chi connectivity index (χ0v) is 18.4. The molecule has 4 aromatic rings. The van der Waals surface area contributed by atoms with Crippen LogP contribution in [-0.2, 0) is 11.2 Å². The lowest BCUT2D eigenvalue weighted by Gasteiger charge is -2.18. The maximum atomic E-state index is 13.4. The fourth-order valence-electron chi connectivity index (χ4n) is 4.12. The third-order valence-electron chi connectivity index (χ3n) is 5.86. The maximum Gasteiger partial charge on any atom is 0.224 e. The Morgan fingerprint density at radius 1 is 0.970 bits per heavy atom. The summed E-state index contributed by atoms with van der Waals surface area (Å²) in [5.41, 5.74) is 3.79. The highest BCUT2D eigenvalue weighted by Crippen LogP contribution is 2.29. The average molecular weight is 449 g/mol. The molecule has 170 valence electrons.